The van der Waals surface area contributed by atoms with Crippen LogP contribution in [0.3, 0.4) is 0 Å². The number of carbonyl (C=O) groups is 4. The Labute approximate surface area is 172 Å². The summed E-state index contributed by atoms with van der Waals surface area (Å²) in [6.45, 7) is 5.23. The monoisotopic (exact) mass is 414 g/mol. The van der Waals surface area contributed by atoms with Gasteiger partial charge in [0.25, 0.3) is 11.8 Å². The van der Waals surface area contributed by atoms with Crippen molar-refractivity contribution in [3.63, 3.8) is 0 Å². The van der Waals surface area contributed by atoms with E-state index in [0.717, 1.165) is 0 Å². The van der Waals surface area contributed by atoms with Crippen molar-refractivity contribution in [2.45, 2.75) is 39.2 Å². The first kappa shape index (κ1) is 21.0. The average molecular weight is 414 g/mol. The van der Waals surface area contributed by atoms with E-state index in [9.17, 15) is 19.2 Å². The topological polar surface area (TPSA) is 120 Å². The van der Waals surface area contributed by atoms with E-state index in [-0.39, 0.29) is 24.0 Å². The number of imide groups is 1. The third-order valence-corrected chi connectivity index (χ3v) is 4.21. The Bertz CT molecular complexity index is 986. The molecule has 10 nitrogen and oxygen atoms in total. The zero-order chi connectivity index (χ0) is 22.1. The van der Waals surface area contributed by atoms with Crippen LogP contribution in [0.5, 0.6) is 0 Å². The lowest BCUT2D eigenvalue weighted by molar-refractivity contribution is -0.168. The average Bonchev–Trinajstić information content (AvgIpc) is 3.11. The number of rotatable bonds is 5. The number of ether oxygens (including phenoxy) is 1. The molecule has 158 valence electrons. The van der Waals surface area contributed by atoms with Gasteiger partial charge in [-0.1, -0.05) is 17.2 Å². The van der Waals surface area contributed by atoms with Crippen LogP contribution < -0.4 is 5.32 Å². The molecule has 2 aromatic rings. The van der Waals surface area contributed by atoms with E-state index in [1.807, 2.05) is 0 Å². The van der Waals surface area contributed by atoms with Gasteiger partial charge in [0.1, 0.15) is 5.60 Å². The third-order valence-electron chi connectivity index (χ3n) is 4.21. The van der Waals surface area contributed by atoms with Crippen molar-refractivity contribution in [1.29, 1.82) is 0 Å². The largest absolute Gasteiger partial charge is 0.444 e. The molecule has 0 spiro atoms. The molecule has 1 aliphatic rings. The summed E-state index contributed by atoms with van der Waals surface area (Å²) in [6, 6.07) is 6.23. The summed E-state index contributed by atoms with van der Waals surface area (Å²) in [6.07, 6.45) is 0.805. The number of hydrogen-bond donors (Lipinski definition) is 1. The highest BCUT2D eigenvalue weighted by molar-refractivity contribution is 6.20. The van der Waals surface area contributed by atoms with E-state index in [2.05, 4.69) is 10.4 Å². The van der Waals surface area contributed by atoms with Crippen LogP contribution in [0.4, 0.5) is 10.5 Å². The second-order valence-corrected chi connectivity index (χ2v) is 7.67. The van der Waals surface area contributed by atoms with Crippen LogP contribution in [0.2, 0.25) is 0 Å². The molecule has 30 heavy (non-hydrogen) atoms. The Hall–Kier alpha value is -3.69. The van der Waals surface area contributed by atoms with Crippen molar-refractivity contribution < 1.29 is 28.8 Å². The summed E-state index contributed by atoms with van der Waals surface area (Å²) < 4.78 is 6.72. The summed E-state index contributed by atoms with van der Waals surface area (Å²) >= 11 is 0. The van der Waals surface area contributed by atoms with Gasteiger partial charge in [0.05, 0.1) is 35.1 Å². The minimum Gasteiger partial charge on any atom is -0.444 e. The van der Waals surface area contributed by atoms with Crippen molar-refractivity contribution in [3.05, 3.63) is 47.3 Å². The van der Waals surface area contributed by atoms with Crippen molar-refractivity contribution in [3.8, 4) is 0 Å². The van der Waals surface area contributed by atoms with Crippen LogP contribution in [0.25, 0.3) is 0 Å². The standard InChI is InChI=1S/C20H22N4O6/c1-20(2,3)29-19(28)22-14-11-21-23(4)15(14)9-10-16(25)30-24-17(26)12-7-5-6-8-13(12)18(24)27/h5-8,11H,9-10H2,1-4H3,(H,22,28). The Morgan fingerprint density at radius 3 is 2.27 bits per heavy atom. The number of aromatic nitrogens is 2. The molecule has 0 aliphatic carbocycles. The first-order valence-electron chi connectivity index (χ1n) is 9.26. The smallest absolute Gasteiger partial charge is 0.412 e. The van der Waals surface area contributed by atoms with Crippen LogP contribution in [-0.4, -0.2) is 44.3 Å². The molecule has 1 aliphatic heterocycles. The van der Waals surface area contributed by atoms with Crippen LogP contribution in [0, 0.1) is 0 Å². The molecule has 0 atom stereocenters. The number of nitrogens with one attached hydrogen (secondary N) is 1. The number of amides is 3. The maximum atomic E-state index is 12.3. The molecular formula is C20H22N4O6. The molecule has 1 N–H and O–H groups in total. The highest BCUT2D eigenvalue weighted by Gasteiger charge is 2.38. The van der Waals surface area contributed by atoms with Gasteiger partial charge in [0, 0.05) is 13.5 Å². The lowest BCUT2D eigenvalue weighted by atomic mass is 10.1. The predicted molar refractivity (Wildman–Crippen MR) is 104 cm³/mol. The van der Waals surface area contributed by atoms with Crippen molar-refractivity contribution in [2.75, 3.05) is 5.32 Å². The number of anilines is 1. The first-order chi connectivity index (χ1) is 14.1. The molecule has 0 radical (unpaired) electrons. The Morgan fingerprint density at radius 1 is 1.10 bits per heavy atom. The zero-order valence-corrected chi connectivity index (χ0v) is 17.1. The van der Waals surface area contributed by atoms with Gasteiger partial charge in [-0.25, -0.2) is 9.59 Å². The molecule has 0 unspecified atom stereocenters. The summed E-state index contributed by atoms with van der Waals surface area (Å²) in [5.41, 5.74) is 0.653. The highest BCUT2D eigenvalue weighted by atomic mass is 16.7. The van der Waals surface area contributed by atoms with E-state index >= 15 is 0 Å². The van der Waals surface area contributed by atoms with E-state index in [1.165, 1.54) is 23.0 Å². The molecule has 1 aromatic carbocycles. The SMILES string of the molecule is Cn1ncc(NC(=O)OC(C)(C)C)c1CCC(=O)ON1C(=O)c2ccccc2C1=O. The zero-order valence-electron chi connectivity index (χ0n) is 17.1. The van der Waals surface area contributed by atoms with Crippen LogP contribution in [0.15, 0.2) is 30.5 Å². The first-order valence-corrected chi connectivity index (χ1v) is 9.26. The van der Waals surface area contributed by atoms with Gasteiger partial charge in [-0.15, -0.1) is 0 Å². The minimum atomic E-state index is -0.770. The molecule has 10 heteroatoms. The number of aryl methyl sites for hydroxylation is 1. The third kappa shape index (κ3) is 4.48. The van der Waals surface area contributed by atoms with Gasteiger partial charge in [-0.3, -0.25) is 19.6 Å². The maximum Gasteiger partial charge on any atom is 0.412 e. The fourth-order valence-corrected chi connectivity index (χ4v) is 2.90. The van der Waals surface area contributed by atoms with Gasteiger partial charge in [0.15, 0.2) is 0 Å². The van der Waals surface area contributed by atoms with Crippen molar-refractivity contribution in [1.82, 2.24) is 14.8 Å². The molecule has 0 saturated heterocycles. The van der Waals surface area contributed by atoms with E-state index in [1.54, 1.807) is 40.0 Å². The van der Waals surface area contributed by atoms with Crippen LogP contribution in [-0.2, 0) is 27.8 Å². The molecule has 3 rings (SSSR count). The highest BCUT2D eigenvalue weighted by Crippen LogP contribution is 2.23. The summed E-state index contributed by atoms with van der Waals surface area (Å²) in [5.74, 6) is -2.14. The number of fused-ring (bicyclic) bond motifs is 1. The fourth-order valence-electron chi connectivity index (χ4n) is 2.90. The summed E-state index contributed by atoms with van der Waals surface area (Å²) in [4.78, 5) is 53.8. The Kier molecular flexibility index (Phi) is 5.59. The molecular weight excluding hydrogens is 392 g/mol. The molecule has 1 aromatic heterocycles. The van der Waals surface area contributed by atoms with Crippen molar-refractivity contribution in [2.24, 2.45) is 7.05 Å². The van der Waals surface area contributed by atoms with E-state index in [0.29, 0.717) is 16.4 Å². The van der Waals surface area contributed by atoms with E-state index < -0.39 is 29.5 Å². The molecule has 0 bridgehead atoms. The summed E-state index contributed by atoms with van der Waals surface area (Å²) in [5, 5.41) is 7.14. The quantitative estimate of drug-likeness (QED) is 0.746. The maximum absolute atomic E-state index is 12.3. The lowest BCUT2D eigenvalue weighted by Gasteiger charge is -2.19. The predicted octanol–water partition coefficient (Wildman–Crippen LogP) is 2.45. The Balaban J connectivity index is 1.61. The number of hydroxylamine groups is 2. The number of carbonyl (C=O) groups excluding carboxylic acids is 4. The van der Waals surface area contributed by atoms with Crippen LogP contribution in [0.1, 0.15) is 53.6 Å². The second kappa shape index (κ2) is 7.97. The number of nitrogens with zero attached hydrogens (tertiary/aromatic N) is 3. The molecule has 0 fully saturated rings. The molecule has 3 amide bonds. The van der Waals surface area contributed by atoms with Crippen molar-refractivity contribution >= 4 is 29.6 Å². The van der Waals surface area contributed by atoms with Gasteiger partial charge < -0.3 is 9.57 Å². The van der Waals surface area contributed by atoms with Crippen LogP contribution >= 0.6 is 0 Å². The van der Waals surface area contributed by atoms with Gasteiger partial charge in [-0.2, -0.15) is 5.10 Å². The van der Waals surface area contributed by atoms with Gasteiger partial charge in [0.2, 0.25) is 0 Å². The normalized spacial score (nSPS) is 13.3. The summed E-state index contributed by atoms with van der Waals surface area (Å²) in [7, 11) is 1.66. The second-order valence-electron chi connectivity index (χ2n) is 7.67. The minimum absolute atomic E-state index is 0.143. The van der Waals surface area contributed by atoms with Gasteiger partial charge in [-0.05, 0) is 32.9 Å². The number of benzene rings is 1. The fraction of sp³-hybridized carbons (Fsp3) is 0.350. The van der Waals surface area contributed by atoms with Gasteiger partial charge >= 0.3 is 12.1 Å². The number of hydrogen-bond acceptors (Lipinski definition) is 7. The molecule has 2 heterocycles. The molecule has 0 saturated carbocycles. The van der Waals surface area contributed by atoms with E-state index in [4.69, 9.17) is 9.57 Å². The Morgan fingerprint density at radius 2 is 1.70 bits per heavy atom. The lowest BCUT2D eigenvalue weighted by Crippen LogP contribution is -2.32.